The van der Waals surface area contributed by atoms with Gasteiger partial charge in [-0.25, -0.2) is 4.98 Å². The number of pyridine rings is 1. The second kappa shape index (κ2) is 7.39. The number of piperazine rings is 1. The van der Waals surface area contributed by atoms with Gasteiger partial charge in [-0.3, -0.25) is 14.5 Å². The van der Waals surface area contributed by atoms with Gasteiger partial charge in [0.1, 0.15) is 11.9 Å². The van der Waals surface area contributed by atoms with Gasteiger partial charge in [0, 0.05) is 50.9 Å². The van der Waals surface area contributed by atoms with Crippen LogP contribution in [0.4, 0.5) is 11.5 Å². The lowest BCUT2D eigenvalue weighted by molar-refractivity contribution is -0.134. The van der Waals surface area contributed by atoms with Crippen molar-refractivity contribution in [1.29, 1.82) is 0 Å². The van der Waals surface area contributed by atoms with E-state index in [0.717, 1.165) is 30.2 Å². The van der Waals surface area contributed by atoms with Gasteiger partial charge >= 0.3 is 0 Å². The molecule has 0 aliphatic carbocycles. The quantitative estimate of drug-likeness (QED) is 0.837. The Hall–Kier alpha value is -2.89. The molecule has 140 valence electrons. The molecule has 6 heteroatoms. The SMILES string of the molecule is CCC(=O)N1c2ccccc2C[C@H]1C(=O)N1CCN(c2ccccn2)CC1. The average molecular weight is 364 g/mol. The van der Waals surface area contributed by atoms with Crippen LogP contribution in [0.2, 0.25) is 0 Å². The molecule has 1 saturated heterocycles. The van der Waals surface area contributed by atoms with E-state index >= 15 is 0 Å². The van der Waals surface area contributed by atoms with E-state index < -0.39 is 6.04 Å². The molecule has 1 atom stereocenters. The van der Waals surface area contributed by atoms with Gasteiger partial charge < -0.3 is 9.80 Å². The van der Waals surface area contributed by atoms with E-state index in [1.807, 2.05) is 54.3 Å². The normalized spacial score (nSPS) is 19.1. The van der Waals surface area contributed by atoms with E-state index in [2.05, 4.69) is 9.88 Å². The molecular formula is C21H24N4O2. The standard InChI is InChI=1S/C21H24N4O2/c1-2-20(26)25-17-8-4-3-7-16(17)15-18(25)21(27)24-13-11-23(12-14-24)19-9-5-6-10-22-19/h3-10,18H,2,11-15H2,1H3/t18-/m0/s1. The van der Waals surface area contributed by atoms with Crippen LogP contribution in [0.5, 0.6) is 0 Å². The molecule has 2 aromatic rings. The zero-order chi connectivity index (χ0) is 18.8. The Morgan fingerprint density at radius 1 is 1.04 bits per heavy atom. The Bertz CT molecular complexity index is 831. The fourth-order valence-corrected chi connectivity index (χ4v) is 3.97. The van der Waals surface area contributed by atoms with Crippen molar-refractivity contribution in [3.63, 3.8) is 0 Å². The first-order valence-corrected chi connectivity index (χ1v) is 9.53. The van der Waals surface area contributed by atoms with Crippen molar-refractivity contribution in [2.45, 2.75) is 25.8 Å². The van der Waals surface area contributed by atoms with Crippen molar-refractivity contribution in [3.8, 4) is 0 Å². The molecule has 0 unspecified atom stereocenters. The summed E-state index contributed by atoms with van der Waals surface area (Å²) >= 11 is 0. The smallest absolute Gasteiger partial charge is 0.246 e. The number of carbonyl (C=O) groups excluding carboxylic acids is 2. The molecular weight excluding hydrogens is 340 g/mol. The second-order valence-corrected chi connectivity index (χ2v) is 6.97. The fourth-order valence-electron chi connectivity index (χ4n) is 3.97. The minimum absolute atomic E-state index is 0.00502. The van der Waals surface area contributed by atoms with E-state index in [1.54, 1.807) is 11.1 Å². The van der Waals surface area contributed by atoms with Crippen LogP contribution in [0.3, 0.4) is 0 Å². The summed E-state index contributed by atoms with van der Waals surface area (Å²) in [6.07, 6.45) is 2.78. The summed E-state index contributed by atoms with van der Waals surface area (Å²) in [5.74, 6) is 1.000. The zero-order valence-electron chi connectivity index (χ0n) is 15.5. The Morgan fingerprint density at radius 3 is 2.48 bits per heavy atom. The molecule has 0 N–H and O–H groups in total. The first kappa shape index (κ1) is 17.5. The highest BCUT2D eigenvalue weighted by Gasteiger charge is 2.40. The maximum Gasteiger partial charge on any atom is 0.246 e. The Balaban J connectivity index is 1.48. The van der Waals surface area contributed by atoms with E-state index in [0.29, 0.717) is 25.9 Å². The molecule has 0 saturated carbocycles. The molecule has 3 heterocycles. The first-order chi connectivity index (χ1) is 13.2. The number of anilines is 2. The second-order valence-electron chi connectivity index (χ2n) is 6.97. The Kier molecular flexibility index (Phi) is 4.79. The summed E-state index contributed by atoms with van der Waals surface area (Å²) in [5, 5.41) is 0. The van der Waals surface area contributed by atoms with Crippen LogP contribution in [0.25, 0.3) is 0 Å². The highest BCUT2D eigenvalue weighted by atomic mass is 16.2. The van der Waals surface area contributed by atoms with E-state index in [1.165, 1.54) is 0 Å². The molecule has 27 heavy (non-hydrogen) atoms. The predicted molar refractivity (Wildman–Crippen MR) is 105 cm³/mol. The van der Waals surface area contributed by atoms with Crippen LogP contribution in [0, 0.1) is 0 Å². The minimum Gasteiger partial charge on any atom is -0.353 e. The highest BCUT2D eigenvalue weighted by Crippen LogP contribution is 2.33. The maximum atomic E-state index is 13.2. The number of carbonyl (C=O) groups is 2. The molecule has 4 rings (SSSR count). The zero-order valence-corrected chi connectivity index (χ0v) is 15.5. The van der Waals surface area contributed by atoms with Crippen LogP contribution in [0.1, 0.15) is 18.9 Å². The number of fused-ring (bicyclic) bond motifs is 1. The molecule has 1 aromatic carbocycles. The molecule has 2 aliphatic heterocycles. The molecule has 2 amide bonds. The topological polar surface area (TPSA) is 56.8 Å². The van der Waals surface area contributed by atoms with Crippen molar-refractivity contribution in [1.82, 2.24) is 9.88 Å². The summed E-state index contributed by atoms with van der Waals surface area (Å²) in [6, 6.07) is 13.3. The number of rotatable bonds is 3. The number of nitrogens with zero attached hydrogens (tertiary/aromatic N) is 4. The largest absolute Gasteiger partial charge is 0.353 e. The number of amides is 2. The van der Waals surface area contributed by atoms with Crippen molar-refractivity contribution >= 4 is 23.3 Å². The fraction of sp³-hybridized carbons (Fsp3) is 0.381. The van der Waals surface area contributed by atoms with Gasteiger partial charge in [0.25, 0.3) is 0 Å². The van der Waals surface area contributed by atoms with Gasteiger partial charge in [0.2, 0.25) is 11.8 Å². The third-order valence-corrected chi connectivity index (χ3v) is 5.40. The van der Waals surface area contributed by atoms with Gasteiger partial charge in [-0.15, -0.1) is 0 Å². The van der Waals surface area contributed by atoms with Crippen LogP contribution in [-0.2, 0) is 16.0 Å². The van der Waals surface area contributed by atoms with Gasteiger partial charge in [-0.05, 0) is 23.8 Å². The third kappa shape index (κ3) is 3.27. The number of para-hydroxylation sites is 1. The van der Waals surface area contributed by atoms with E-state index in [9.17, 15) is 9.59 Å². The van der Waals surface area contributed by atoms with Crippen molar-refractivity contribution in [3.05, 3.63) is 54.2 Å². The van der Waals surface area contributed by atoms with Crippen LogP contribution < -0.4 is 9.80 Å². The molecule has 1 fully saturated rings. The first-order valence-electron chi connectivity index (χ1n) is 9.53. The number of hydrogen-bond acceptors (Lipinski definition) is 4. The lowest BCUT2D eigenvalue weighted by atomic mass is 10.1. The monoisotopic (exact) mass is 364 g/mol. The molecule has 2 aliphatic rings. The lowest BCUT2D eigenvalue weighted by Gasteiger charge is -2.37. The highest BCUT2D eigenvalue weighted by molar-refractivity contribution is 6.03. The lowest BCUT2D eigenvalue weighted by Crippen LogP contribution is -2.55. The molecule has 6 nitrogen and oxygen atoms in total. The van der Waals surface area contributed by atoms with E-state index in [-0.39, 0.29) is 11.8 Å². The Morgan fingerprint density at radius 2 is 1.78 bits per heavy atom. The summed E-state index contributed by atoms with van der Waals surface area (Å²) in [5.41, 5.74) is 1.96. The molecule has 0 spiro atoms. The van der Waals surface area contributed by atoms with Crippen LogP contribution in [-0.4, -0.2) is 53.9 Å². The summed E-state index contributed by atoms with van der Waals surface area (Å²) in [4.78, 5) is 36.0. The maximum absolute atomic E-state index is 13.2. The van der Waals surface area contributed by atoms with Crippen LogP contribution in [0.15, 0.2) is 48.7 Å². The predicted octanol–water partition coefficient (Wildman–Crippen LogP) is 2.10. The third-order valence-electron chi connectivity index (χ3n) is 5.40. The number of benzene rings is 1. The van der Waals surface area contributed by atoms with Gasteiger partial charge in [0.15, 0.2) is 0 Å². The van der Waals surface area contributed by atoms with Gasteiger partial charge in [-0.2, -0.15) is 0 Å². The van der Waals surface area contributed by atoms with Crippen molar-refractivity contribution in [2.75, 3.05) is 36.0 Å². The number of hydrogen-bond donors (Lipinski definition) is 0. The molecule has 1 aromatic heterocycles. The summed E-state index contributed by atoms with van der Waals surface area (Å²) < 4.78 is 0. The Labute approximate surface area is 159 Å². The van der Waals surface area contributed by atoms with Crippen molar-refractivity contribution < 1.29 is 9.59 Å². The van der Waals surface area contributed by atoms with Gasteiger partial charge in [0.05, 0.1) is 0 Å². The van der Waals surface area contributed by atoms with Crippen molar-refractivity contribution in [2.24, 2.45) is 0 Å². The summed E-state index contributed by atoms with van der Waals surface area (Å²) in [6.45, 7) is 4.65. The molecule has 0 bridgehead atoms. The average Bonchev–Trinajstić information content (AvgIpc) is 3.13. The minimum atomic E-state index is -0.420. The number of aromatic nitrogens is 1. The van der Waals surface area contributed by atoms with Crippen LogP contribution >= 0.6 is 0 Å². The van der Waals surface area contributed by atoms with E-state index in [4.69, 9.17) is 0 Å². The molecule has 0 radical (unpaired) electrons. The summed E-state index contributed by atoms with van der Waals surface area (Å²) in [7, 11) is 0. The van der Waals surface area contributed by atoms with Gasteiger partial charge in [-0.1, -0.05) is 31.2 Å².